The zero-order valence-electron chi connectivity index (χ0n) is 13.2. The van der Waals surface area contributed by atoms with E-state index in [1.807, 2.05) is 23.9 Å². The van der Waals surface area contributed by atoms with Gasteiger partial charge in [0, 0.05) is 12.6 Å². The Kier molecular flexibility index (Phi) is 4.80. The number of rotatable bonds is 4. The number of thioether (sulfide) groups is 1. The quantitative estimate of drug-likeness (QED) is 0.920. The van der Waals surface area contributed by atoms with Crippen molar-refractivity contribution < 1.29 is 5.11 Å². The molecule has 3 rings (SSSR count). The highest BCUT2D eigenvalue weighted by molar-refractivity contribution is 7.98. The van der Waals surface area contributed by atoms with Gasteiger partial charge in [-0.15, -0.1) is 0 Å². The number of phenols is 1. The largest absolute Gasteiger partial charge is 0.508 e. The minimum absolute atomic E-state index is 0.514. The molecule has 1 aliphatic heterocycles. The Hall–Kier alpha value is -0.670. The number of benzene rings is 1. The van der Waals surface area contributed by atoms with E-state index in [9.17, 15) is 5.11 Å². The molecule has 0 radical (unpaired) electrons. The van der Waals surface area contributed by atoms with Crippen LogP contribution in [-0.2, 0) is 12.8 Å². The highest BCUT2D eigenvalue weighted by Crippen LogP contribution is 2.40. The maximum absolute atomic E-state index is 10.2. The van der Waals surface area contributed by atoms with E-state index in [-0.39, 0.29) is 0 Å². The molecule has 1 aromatic carbocycles. The van der Waals surface area contributed by atoms with Gasteiger partial charge in [0.05, 0.1) is 0 Å². The summed E-state index contributed by atoms with van der Waals surface area (Å²) in [7, 11) is 0. The Morgan fingerprint density at radius 2 is 2.19 bits per heavy atom. The summed E-state index contributed by atoms with van der Waals surface area (Å²) < 4.78 is 0. The van der Waals surface area contributed by atoms with Crippen LogP contribution in [-0.4, -0.2) is 41.1 Å². The van der Waals surface area contributed by atoms with Crippen LogP contribution >= 0.6 is 11.8 Å². The van der Waals surface area contributed by atoms with Gasteiger partial charge in [-0.1, -0.05) is 19.1 Å². The molecule has 2 aliphatic rings. The smallest absolute Gasteiger partial charge is 0.119 e. The fourth-order valence-electron chi connectivity index (χ4n) is 4.38. The number of hydrogen-bond acceptors (Lipinski definition) is 3. The third-order valence-electron chi connectivity index (χ3n) is 5.20. The van der Waals surface area contributed by atoms with E-state index in [1.165, 1.54) is 42.8 Å². The molecule has 1 fully saturated rings. The van der Waals surface area contributed by atoms with Crippen LogP contribution in [0.1, 0.15) is 30.9 Å². The van der Waals surface area contributed by atoms with E-state index < -0.39 is 0 Å². The maximum atomic E-state index is 10.2. The lowest BCUT2D eigenvalue weighted by Gasteiger charge is -2.47. The lowest BCUT2D eigenvalue weighted by molar-refractivity contribution is 0.0558. The number of aromatic hydroxyl groups is 1. The van der Waals surface area contributed by atoms with Crippen LogP contribution in [0.5, 0.6) is 5.75 Å². The SMILES string of the molecule is CCCN1C[C@@H](CSC)C[C@@H]2Cc3c(O)cccc3C[C@H]21. The van der Waals surface area contributed by atoms with Crippen molar-refractivity contribution in [3.63, 3.8) is 0 Å². The molecular weight excluding hydrogens is 278 g/mol. The van der Waals surface area contributed by atoms with E-state index in [0.717, 1.165) is 24.7 Å². The second kappa shape index (κ2) is 6.62. The van der Waals surface area contributed by atoms with Gasteiger partial charge >= 0.3 is 0 Å². The number of hydrogen-bond donors (Lipinski definition) is 1. The van der Waals surface area contributed by atoms with Gasteiger partial charge in [0.2, 0.25) is 0 Å². The number of likely N-dealkylation sites (tertiary alicyclic amines) is 1. The Morgan fingerprint density at radius 1 is 1.33 bits per heavy atom. The molecule has 0 amide bonds. The van der Waals surface area contributed by atoms with Crippen molar-refractivity contribution in [2.24, 2.45) is 11.8 Å². The minimum atomic E-state index is 0.514. The third kappa shape index (κ3) is 3.09. The minimum Gasteiger partial charge on any atom is -0.508 e. The lowest BCUT2D eigenvalue weighted by Crippen LogP contribution is -2.52. The normalized spacial score (nSPS) is 29.0. The summed E-state index contributed by atoms with van der Waals surface area (Å²) in [6.45, 7) is 4.78. The van der Waals surface area contributed by atoms with Gasteiger partial charge < -0.3 is 5.11 Å². The maximum Gasteiger partial charge on any atom is 0.119 e. The molecule has 0 saturated carbocycles. The summed E-state index contributed by atoms with van der Waals surface area (Å²) in [5.74, 6) is 3.33. The first-order chi connectivity index (χ1) is 10.2. The molecule has 1 heterocycles. The van der Waals surface area contributed by atoms with E-state index in [4.69, 9.17) is 0 Å². The predicted molar refractivity (Wildman–Crippen MR) is 91.1 cm³/mol. The Balaban J connectivity index is 1.84. The molecule has 0 aromatic heterocycles. The van der Waals surface area contributed by atoms with Crippen LogP contribution in [0.4, 0.5) is 0 Å². The summed E-state index contributed by atoms with van der Waals surface area (Å²) >= 11 is 1.98. The molecule has 116 valence electrons. The van der Waals surface area contributed by atoms with Crippen molar-refractivity contribution in [3.05, 3.63) is 29.3 Å². The molecule has 0 bridgehead atoms. The summed E-state index contributed by atoms with van der Waals surface area (Å²) in [5, 5.41) is 10.2. The second-order valence-electron chi connectivity index (χ2n) is 6.70. The van der Waals surface area contributed by atoms with Gasteiger partial charge in [-0.2, -0.15) is 11.8 Å². The van der Waals surface area contributed by atoms with E-state index in [1.54, 1.807) is 0 Å². The number of nitrogens with zero attached hydrogens (tertiary/aromatic N) is 1. The third-order valence-corrected chi connectivity index (χ3v) is 6.00. The summed E-state index contributed by atoms with van der Waals surface area (Å²) in [4.78, 5) is 2.74. The van der Waals surface area contributed by atoms with Gasteiger partial charge in [-0.3, -0.25) is 4.90 Å². The van der Waals surface area contributed by atoms with Crippen molar-refractivity contribution in [1.29, 1.82) is 0 Å². The second-order valence-corrected chi connectivity index (χ2v) is 7.61. The average molecular weight is 305 g/mol. The monoisotopic (exact) mass is 305 g/mol. The van der Waals surface area contributed by atoms with Crippen LogP contribution in [0.15, 0.2) is 18.2 Å². The highest BCUT2D eigenvalue weighted by Gasteiger charge is 2.39. The molecule has 2 nitrogen and oxygen atoms in total. The van der Waals surface area contributed by atoms with Gasteiger partial charge in [-0.25, -0.2) is 0 Å². The standard InChI is InChI=1S/C18H27NOS/c1-3-7-19-11-13(12-21-2)8-15-9-16-14(10-17(15)19)5-4-6-18(16)20/h4-6,13,15,17,20H,3,7-12H2,1-2H3/t13-,15+,17+/m0/s1. The number of phenolic OH excluding ortho intramolecular Hbond substituents is 1. The average Bonchev–Trinajstić information content (AvgIpc) is 2.47. The zero-order chi connectivity index (χ0) is 14.8. The van der Waals surface area contributed by atoms with E-state index in [2.05, 4.69) is 24.1 Å². The number of piperidine rings is 1. The molecule has 21 heavy (non-hydrogen) atoms. The fraction of sp³-hybridized carbons (Fsp3) is 0.667. The number of fused-ring (bicyclic) bond motifs is 2. The van der Waals surface area contributed by atoms with Crippen molar-refractivity contribution in [2.45, 2.75) is 38.6 Å². The summed E-state index contributed by atoms with van der Waals surface area (Å²) in [6.07, 6.45) is 6.98. The van der Waals surface area contributed by atoms with Crippen molar-refractivity contribution in [1.82, 2.24) is 4.90 Å². The molecular formula is C18H27NOS. The van der Waals surface area contributed by atoms with E-state index in [0.29, 0.717) is 11.8 Å². The van der Waals surface area contributed by atoms with Gasteiger partial charge in [0.15, 0.2) is 0 Å². The Bertz CT molecular complexity index is 490. The predicted octanol–water partition coefficient (Wildman–Crippen LogP) is 3.57. The summed E-state index contributed by atoms with van der Waals surface area (Å²) in [6, 6.07) is 6.75. The first-order valence-corrected chi connectivity index (χ1v) is 9.65. The first kappa shape index (κ1) is 15.2. The van der Waals surface area contributed by atoms with Crippen molar-refractivity contribution in [2.75, 3.05) is 25.1 Å². The van der Waals surface area contributed by atoms with Crippen LogP contribution in [0, 0.1) is 11.8 Å². The molecule has 3 atom stereocenters. The van der Waals surface area contributed by atoms with E-state index >= 15 is 0 Å². The molecule has 1 aliphatic carbocycles. The van der Waals surface area contributed by atoms with Gasteiger partial charge in [0.1, 0.15) is 5.75 Å². The molecule has 3 heteroatoms. The topological polar surface area (TPSA) is 23.5 Å². The van der Waals surface area contributed by atoms with Crippen LogP contribution < -0.4 is 0 Å². The van der Waals surface area contributed by atoms with Crippen molar-refractivity contribution in [3.8, 4) is 5.75 Å². The first-order valence-electron chi connectivity index (χ1n) is 8.25. The lowest BCUT2D eigenvalue weighted by atomic mass is 9.72. The Morgan fingerprint density at radius 3 is 2.95 bits per heavy atom. The fourth-order valence-corrected chi connectivity index (χ4v) is 5.09. The van der Waals surface area contributed by atoms with Crippen LogP contribution in [0.25, 0.3) is 0 Å². The summed E-state index contributed by atoms with van der Waals surface area (Å²) in [5.41, 5.74) is 2.60. The van der Waals surface area contributed by atoms with Crippen molar-refractivity contribution >= 4 is 11.8 Å². The molecule has 1 saturated heterocycles. The molecule has 0 spiro atoms. The van der Waals surface area contributed by atoms with Gasteiger partial charge in [0.25, 0.3) is 0 Å². The Labute approximate surface area is 132 Å². The van der Waals surface area contributed by atoms with Crippen LogP contribution in [0.3, 0.4) is 0 Å². The van der Waals surface area contributed by atoms with Gasteiger partial charge in [-0.05, 0) is 73.3 Å². The molecule has 1 N–H and O–H groups in total. The molecule has 0 unspecified atom stereocenters. The molecule has 1 aromatic rings. The highest BCUT2D eigenvalue weighted by atomic mass is 32.2. The van der Waals surface area contributed by atoms with Crippen LogP contribution in [0.2, 0.25) is 0 Å². The zero-order valence-corrected chi connectivity index (χ0v) is 14.0.